The second-order valence-electron chi connectivity index (χ2n) is 5.97. The average molecular weight is 325 g/mol. The lowest BCUT2D eigenvalue weighted by Crippen LogP contribution is -2.35. The Labute approximate surface area is 140 Å². The number of amides is 1. The molecule has 0 radical (unpaired) electrons. The summed E-state index contributed by atoms with van der Waals surface area (Å²) in [5.74, 6) is -1.14. The number of aromatic carboxylic acids is 1. The molecule has 0 spiro atoms. The maximum Gasteiger partial charge on any atom is 0.335 e. The molecule has 2 aromatic carbocycles. The standard InChI is InChI=1S/C19H19NO4/c21-17-12-15(19(23)24)8-9-16(17)13-4-6-14(7-5-13)18(22)20-10-2-1-3-11-20/h4-9,12,21H,1-3,10-11H2,(H,23,24). The van der Waals surface area contributed by atoms with E-state index in [1.165, 1.54) is 18.6 Å². The van der Waals surface area contributed by atoms with Crippen LogP contribution in [0.15, 0.2) is 42.5 Å². The van der Waals surface area contributed by atoms with Gasteiger partial charge in [0.2, 0.25) is 0 Å². The number of phenols is 1. The first-order valence-corrected chi connectivity index (χ1v) is 8.02. The monoisotopic (exact) mass is 325 g/mol. The number of carbonyl (C=O) groups excluding carboxylic acids is 1. The van der Waals surface area contributed by atoms with Crippen molar-refractivity contribution in [1.29, 1.82) is 0 Å². The van der Waals surface area contributed by atoms with Crippen molar-refractivity contribution < 1.29 is 19.8 Å². The second-order valence-corrected chi connectivity index (χ2v) is 5.97. The van der Waals surface area contributed by atoms with Crippen molar-refractivity contribution in [2.24, 2.45) is 0 Å². The Morgan fingerprint density at radius 1 is 0.875 bits per heavy atom. The first-order chi connectivity index (χ1) is 11.6. The summed E-state index contributed by atoms with van der Waals surface area (Å²) in [6, 6.07) is 11.3. The van der Waals surface area contributed by atoms with Crippen LogP contribution in [0.4, 0.5) is 0 Å². The molecule has 1 saturated heterocycles. The molecule has 2 aromatic rings. The van der Waals surface area contributed by atoms with Gasteiger partial charge in [-0.1, -0.05) is 12.1 Å². The van der Waals surface area contributed by atoms with E-state index in [4.69, 9.17) is 5.11 Å². The minimum Gasteiger partial charge on any atom is -0.507 e. The molecule has 2 N–H and O–H groups in total. The smallest absolute Gasteiger partial charge is 0.335 e. The second kappa shape index (κ2) is 6.74. The van der Waals surface area contributed by atoms with Gasteiger partial charge < -0.3 is 15.1 Å². The number of piperidine rings is 1. The lowest BCUT2D eigenvalue weighted by molar-refractivity contribution is 0.0694. The van der Waals surface area contributed by atoms with Crippen molar-refractivity contribution in [2.45, 2.75) is 19.3 Å². The summed E-state index contributed by atoms with van der Waals surface area (Å²) < 4.78 is 0. The van der Waals surface area contributed by atoms with Gasteiger partial charge in [0.05, 0.1) is 5.56 Å². The molecule has 1 aliphatic rings. The van der Waals surface area contributed by atoms with Crippen LogP contribution in [-0.2, 0) is 0 Å². The quantitative estimate of drug-likeness (QED) is 0.907. The number of carboxylic acid groups (broad SMARTS) is 1. The molecule has 1 fully saturated rings. The molecule has 3 rings (SSSR count). The third-order valence-electron chi connectivity index (χ3n) is 4.33. The molecule has 5 nitrogen and oxygen atoms in total. The predicted molar refractivity (Wildman–Crippen MR) is 90.3 cm³/mol. The molecular weight excluding hydrogens is 306 g/mol. The van der Waals surface area contributed by atoms with E-state index in [0.717, 1.165) is 31.5 Å². The highest BCUT2D eigenvalue weighted by Gasteiger charge is 2.18. The summed E-state index contributed by atoms with van der Waals surface area (Å²) in [6.07, 6.45) is 3.27. The Balaban J connectivity index is 1.81. The number of carbonyl (C=O) groups is 2. The van der Waals surface area contributed by atoms with Crippen molar-refractivity contribution in [3.05, 3.63) is 53.6 Å². The van der Waals surface area contributed by atoms with Gasteiger partial charge in [0.25, 0.3) is 5.91 Å². The number of phenolic OH excluding ortho intramolecular Hbond substituents is 1. The van der Waals surface area contributed by atoms with Gasteiger partial charge in [-0.25, -0.2) is 4.79 Å². The number of carboxylic acids is 1. The number of rotatable bonds is 3. The molecule has 1 aliphatic heterocycles. The van der Waals surface area contributed by atoms with Crippen LogP contribution >= 0.6 is 0 Å². The summed E-state index contributed by atoms with van der Waals surface area (Å²) in [5.41, 5.74) is 1.94. The Morgan fingerprint density at radius 2 is 1.50 bits per heavy atom. The van der Waals surface area contributed by atoms with E-state index in [9.17, 15) is 14.7 Å². The Bertz CT molecular complexity index is 761. The molecule has 1 heterocycles. The Hall–Kier alpha value is -2.82. The van der Waals surface area contributed by atoms with Crippen LogP contribution in [0.5, 0.6) is 5.75 Å². The summed E-state index contributed by atoms with van der Waals surface area (Å²) in [6.45, 7) is 1.61. The summed E-state index contributed by atoms with van der Waals surface area (Å²) in [4.78, 5) is 25.2. The van der Waals surface area contributed by atoms with Gasteiger partial charge in [0, 0.05) is 24.2 Å². The van der Waals surface area contributed by atoms with Gasteiger partial charge >= 0.3 is 5.97 Å². The van der Waals surface area contributed by atoms with Crippen molar-refractivity contribution in [2.75, 3.05) is 13.1 Å². The maximum absolute atomic E-state index is 12.4. The Morgan fingerprint density at radius 3 is 2.08 bits per heavy atom. The molecule has 0 aliphatic carbocycles. The first kappa shape index (κ1) is 16.1. The summed E-state index contributed by atoms with van der Waals surface area (Å²) in [5, 5.41) is 19.0. The number of benzene rings is 2. The van der Waals surface area contributed by atoms with Gasteiger partial charge in [0.1, 0.15) is 5.75 Å². The highest BCUT2D eigenvalue weighted by molar-refractivity contribution is 5.95. The lowest BCUT2D eigenvalue weighted by atomic mass is 10.0. The zero-order valence-electron chi connectivity index (χ0n) is 13.2. The van der Waals surface area contributed by atoms with E-state index in [1.54, 1.807) is 30.3 Å². The molecule has 24 heavy (non-hydrogen) atoms. The predicted octanol–water partition coefficient (Wildman–Crippen LogP) is 3.38. The highest BCUT2D eigenvalue weighted by Crippen LogP contribution is 2.30. The Kier molecular flexibility index (Phi) is 4.51. The average Bonchev–Trinajstić information content (AvgIpc) is 2.62. The number of aromatic hydroxyl groups is 1. The van der Waals surface area contributed by atoms with E-state index in [0.29, 0.717) is 11.1 Å². The lowest BCUT2D eigenvalue weighted by Gasteiger charge is -2.26. The molecule has 5 heteroatoms. The van der Waals surface area contributed by atoms with Crippen LogP contribution in [0.2, 0.25) is 0 Å². The van der Waals surface area contributed by atoms with E-state index in [2.05, 4.69) is 0 Å². The fourth-order valence-corrected chi connectivity index (χ4v) is 2.98. The fraction of sp³-hybridized carbons (Fsp3) is 0.263. The number of hydrogen-bond acceptors (Lipinski definition) is 3. The number of likely N-dealkylation sites (tertiary alicyclic amines) is 1. The van der Waals surface area contributed by atoms with E-state index < -0.39 is 5.97 Å². The third kappa shape index (κ3) is 3.25. The van der Waals surface area contributed by atoms with E-state index in [-0.39, 0.29) is 17.2 Å². The van der Waals surface area contributed by atoms with E-state index >= 15 is 0 Å². The molecule has 1 amide bonds. The normalized spacial score (nSPS) is 14.4. The van der Waals surface area contributed by atoms with E-state index in [1.807, 2.05) is 4.90 Å². The van der Waals surface area contributed by atoms with Gasteiger partial charge in [-0.3, -0.25) is 4.79 Å². The minimum absolute atomic E-state index is 0.0340. The van der Waals surface area contributed by atoms with Crippen LogP contribution in [0.25, 0.3) is 11.1 Å². The van der Waals surface area contributed by atoms with Crippen LogP contribution in [0, 0.1) is 0 Å². The van der Waals surface area contributed by atoms with Crippen molar-refractivity contribution in [3.63, 3.8) is 0 Å². The van der Waals surface area contributed by atoms with Crippen molar-refractivity contribution >= 4 is 11.9 Å². The van der Waals surface area contributed by atoms with Crippen LogP contribution < -0.4 is 0 Å². The van der Waals surface area contributed by atoms with Crippen molar-refractivity contribution in [3.8, 4) is 16.9 Å². The van der Waals surface area contributed by atoms with Gasteiger partial charge in [-0.15, -0.1) is 0 Å². The highest BCUT2D eigenvalue weighted by atomic mass is 16.4. The summed E-state index contributed by atoms with van der Waals surface area (Å²) >= 11 is 0. The first-order valence-electron chi connectivity index (χ1n) is 8.02. The molecule has 0 saturated carbocycles. The van der Waals surface area contributed by atoms with Gasteiger partial charge in [-0.2, -0.15) is 0 Å². The third-order valence-corrected chi connectivity index (χ3v) is 4.33. The summed E-state index contributed by atoms with van der Waals surface area (Å²) in [7, 11) is 0. The molecule has 0 bridgehead atoms. The molecular formula is C19H19NO4. The van der Waals surface area contributed by atoms with Crippen LogP contribution in [-0.4, -0.2) is 40.1 Å². The molecule has 0 unspecified atom stereocenters. The van der Waals surface area contributed by atoms with Crippen LogP contribution in [0.1, 0.15) is 40.0 Å². The maximum atomic E-state index is 12.4. The van der Waals surface area contributed by atoms with Gasteiger partial charge in [0.15, 0.2) is 0 Å². The zero-order chi connectivity index (χ0) is 17.1. The number of hydrogen-bond donors (Lipinski definition) is 2. The molecule has 124 valence electrons. The molecule has 0 aromatic heterocycles. The largest absolute Gasteiger partial charge is 0.507 e. The van der Waals surface area contributed by atoms with Gasteiger partial charge in [-0.05, 0) is 55.2 Å². The SMILES string of the molecule is O=C(O)c1ccc(-c2ccc(C(=O)N3CCCCC3)cc2)c(O)c1. The van der Waals surface area contributed by atoms with Crippen LogP contribution in [0.3, 0.4) is 0 Å². The fourth-order valence-electron chi connectivity index (χ4n) is 2.98. The number of nitrogens with zero attached hydrogens (tertiary/aromatic N) is 1. The minimum atomic E-state index is -1.08. The molecule has 0 atom stereocenters. The zero-order valence-corrected chi connectivity index (χ0v) is 13.2. The van der Waals surface area contributed by atoms with Crippen molar-refractivity contribution in [1.82, 2.24) is 4.90 Å². The topological polar surface area (TPSA) is 77.8 Å².